The van der Waals surface area contributed by atoms with Gasteiger partial charge in [0, 0.05) is 28.2 Å². The Kier molecular flexibility index (Phi) is 6.23. The van der Waals surface area contributed by atoms with E-state index < -0.39 is 11.9 Å². The molecule has 0 aromatic heterocycles. The number of hydrogen-bond acceptors (Lipinski definition) is 10. The third kappa shape index (κ3) is 4.09. The molecule has 0 radical (unpaired) electrons. The largest absolute Gasteiger partial charge is 0.465 e. The molecule has 0 amide bonds. The maximum absolute atomic E-state index is 12.9. The van der Waals surface area contributed by atoms with Gasteiger partial charge in [-0.05, 0) is 48.6 Å². The quantitative estimate of drug-likeness (QED) is 0.538. The van der Waals surface area contributed by atoms with Crippen molar-refractivity contribution in [1.29, 1.82) is 0 Å². The van der Waals surface area contributed by atoms with Gasteiger partial charge < -0.3 is 19.3 Å². The van der Waals surface area contributed by atoms with E-state index in [4.69, 9.17) is 29.4 Å². The molecule has 0 aliphatic carbocycles. The molecule has 0 aromatic carbocycles. The molecule has 5 aliphatic heterocycles. The zero-order valence-corrected chi connectivity index (χ0v) is 21.9. The Morgan fingerprint density at radius 3 is 1.18 bits per heavy atom. The average Bonchev–Trinajstić information content (AvgIpc) is 3.69. The number of fused-ring (bicyclic) bond motifs is 4. The number of methoxy groups -OCH3 is 2. The first-order valence-electron chi connectivity index (χ1n) is 11.8. The van der Waals surface area contributed by atoms with Gasteiger partial charge in [-0.15, -0.1) is 0 Å². The van der Waals surface area contributed by atoms with Crippen LogP contribution in [0.5, 0.6) is 0 Å². The number of ether oxygens (including phenoxy) is 2. The third-order valence-corrected chi connectivity index (χ3v) is 6.23. The van der Waals surface area contributed by atoms with Crippen LogP contribution in [-0.2, 0) is 19.1 Å². The number of carbonyl (C=O) groups excluding carboxylic acids is 2. The Bertz CT molecular complexity index is 1430. The molecule has 0 atom stereocenters. The Labute approximate surface area is 220 Å². The summed E-state index contributed by atoms with van der Waals surface area (Å²) in [6.07, 6.45) is 14.3. The van der Waals surface area contributed by atoms with Crippen LogP contribution in [0.4, 0.5) is 0 Å². The van der Waals surface area contributed by atoms with E-state index in [2.05, 4.69) is 0 Å². The van der Waals surface area contributed by atoms with Gasteiger partial charge in [0.05, 0.1) is 71.2 Å². The highest BCUT2D eigenvalue weighted by atomic mass is 16.5. The predicted octanol–water partition coefficient (Wildman–Crippen LogP) is 2.44. The van der Waals surface area contributed by atoms with Gasteiger partial charge in [0.1, 0.15) is 11.1 Å². The summed E-state index contributed by atoms with van der Waals surface area (Å²) < 4.78 is 10.2. The van der Waals surface area contributed by atoms with Crippen molar-refractivity contribution in [2.75, 3.05) is 42.4 Å². The fraction of sp³-hybridized carbons (Fsp3) is 0.214. The molecule has 0 spiro atoms. The van der Waals surface area contributed by atoms with Crippen LogP contribution in [-0.4, -0.2) is 87.0 Å². The van der Waals surface area contributed by atoms with Crippen molar-refractivity contribution in [3.8, 4) is 0 Å². The van der Waals surface area contributed by atoms with Crippen molar-refractivity contribution in [3.63, 3.8) is 0 Å². The molecule has 0 saturated heterocycles. The number of hydrogen-bond donors (Lipinski definition) is 0. The van der Waals surface area contributed by atoms with E-state index in [0.29, 0.717) is 57.0 Å². The van der Waals surface area contributed by atoms with Crippen LogP contribution in [0.2, 0.25) is 0 Å². The van der Waals surface area contributed by atoms with Gasteiger partial charge in [0.25, 0.3) is 0 Å². The van der Waals surface area contributed by atoms with Crippen LogP contribution in [0.1, 0.15) is 0 Å². The van der Waals surface area contributed by atoms with Crippen molar-refractivity contribution in [2.45, 2.75) is 0 Å². The van der Waals surface area contributed by atoms with Crippen LogP contribution < -0.4 is 0 Å². The zero-order valence-electron chi connectivity index (χ0n) is 21.9. The SMILES string of the molecule is COC(=O)C1=C2C=CC(=N2)C(N(C)C)=C2C=CC(=N2)C(C(=O)OC)=C2C=CC(=N2)C(N(C)C)=C2C=CC1=N2. The molecule has 0 aromatic rings. The van der Waals surface area contributed by atoms with E-state index in [0.717, 1.165) is 0 Å². The highest BCUT2D eigenvalue weighted by molar-refractivity contribution is 6.29. The standard InChI is InChI=1S/C28H26N6O4/c1-33(2)25-19-11-7-15(29-19)23(27(35)37-5)17-9-13-21(31-17)26(34(3)4)22-14-10-18(32-22)24(28(36)38-6)16-8-12-20(25)30-16/h7-14H,1-6H3. The molecule has 38 heavy (non-hydrogen) atoms. The van der Waals surface area contributed by atoms with Gasteiger partial charge in [0.2, 0.25) is 0 Å². The molecular formula is C28H26N6O4. The number of aliphatic imine (C=N–C) groups is 4. The molecule has 8 bridgehead atoms. The summed E-state index contributed by atoms with van der Waals surface area (Å²) in [6, 6.07) is 0. The molecule has 192 valence electrons. The van der Waals surface area contributed by atoms with Crippen LogP contribution in [0.15, 0.2) is 114 Å². The Balaban J connectivity index is 1.86. The lowest BCUT2D eigenvalue weighted by molar-refractivity contribution is -0.136. The molecular weight excluding hydrogens is 484 g/mol. The number of rotatable bonds is 4. The second-order valence-corrected chi connectivity index (χ2v) is 9.08. The topological polar surface area (TPSA) is 109 Å². The zero-order chi connectivity index (χ0) is 27.1. The van der Waals surface area contributed by atoms with E-state index in [9.17, 15) is 9.59 Å². The van der Waals surface area contributed by atoms with Crippen molar-refractivity contribution in [2.24, 2.45) is 20.0 Å². The van der Waals surface area contributed by atoms with E-state index in [1.807, 2.05) is 62.3 Å². The maximum Gasteiger partial charge on any atom is 0.342 e. The lowest BCUT2D eigenvalue weighted by atomic mass is 10.1. The monoisotopic (exact) mass is 510 g/mol. The minimum absolute atomic E-state index is 0.252. The van der Waals surface area contributed by atoms with Gasteiger partial charge in [0.15, 0.2) is 0 Å². The van der Waals surface area contributed by atoms with E-state index in [-0.39, 0.29) is 11.1 Å². The fourth-order valence-electron chi connectivity index (χ4n) is 4.60. The van der Waals surface area contributed by atoms with E-state index in [1.54, 1.807) is 24.3 Å². The summed E-state index contributed by atoms with van der Waals surface area (Å²) in [5.41, 5.74) is 6.03. The normalized spacial score (nSPS) is 19.3. The number of carbonyl (C=O) groups is 2. The van der Waals surface area contributed by atoms with Crippen molar-refractivity contribution < 1.29 is 19.1 Å². The Morgan fingerprint density at radius 1 is 0.526 bits per heavy atom. The van der Waals surface area contributed by atoms with Gasteiger partial charge in [-0.3, -0.25) is 0 Å². The minimum Gasteiger partial charge on any atom is -0.465 e. The van der Waals surface area contributed by atoms with Crippen molar-refractivity contribution in [3.05, 3.63) is 93.9 Å². The lowest BCUT2D eigenvalue weighted by Gasteiger charge is -2.18. The molecule has 10 heteroatoms. The van der Waals surface area contributed by atoms with Gasteiger partial charge in [-0.2, -0.15) is 0 Å². The molecule has 10 nitrogen and oxygen atoms in total. The van der Waals surface area contributed by atoms with E-state index >= 15 is 0 Å². The van der Waals surface area contributed by atoms with Crippen molar-refractivity contribution in [1.82, 2.24) is 9.80 Å². The Hall–Kier alpha value is -4.86. The molecule has 5 heterocycles. The Morgan fingerprint density at radius 2 is 0.842 bits per heavy atom. The number of nitrogens with zero attached hydrogens (tertiary/aromatic N) is 6. The number of allylic oxidation sites excluding steroid dienone is 8. The second-order valence-electron chi connectivity index (χ2n) is 9.08. The van der Waals surface area contributed by atoms with Crippen molar-refractivity contribution >= 4 is 34.8 Å². The highest BCUT2D eigenvalue weighted by Crippen LogP contribution is 2.31. The smallest absolute Gasteiger partial charge is 0.342 e. The molecule has 0 saturated carbocycles. The van der Waals surface area contributed by atoms with Gasteiger partial charge >= 0.3 is 11.9 Å². The summed E-state index contributed by atoms with van der Waals surface area (Å²) in [4.78, 5) is 48.7. The first-order valence-corrected chi connectivity index (χ1v) is 11.8. The summed E-state index contributed by atoms with van der Waals surface area (Å²) in [6.45, 7) is 0. The van der Waals surface area contributed by atoms with Gasteiger partial charge in [-0.1, -0.05) is 0 Å². The molecule has 0 N–H and O–H groups in total. The maximum atomic E-state index is 12.9. The van der Waals surface area contributed by atoms with Crippen LogP contribution in [0.25, 0.3) is 0 Å². The van der Waals surface area contributed by atoms with Crippen LogP contribution in [0.3, 0.4) is 0 Å². The van der Waals surface area contributed by atoms with Crippen LogP contribution in [0, 0.1) is 0 Å². The van der Waals surface area contributed by atoms with E-state index in [1.165, 1.54) is 14.2 Å². The summed E-state index contributed by atoms with van der Waals surface area (Å²) in [7, 11) is 10.2. The average molecular weight is 511 g/mol. The fourth-order valence-corrected chi connectivity index (χ4v) is 4.60. The second kappa shape index (κ2) is 9.55. The van der Waals surface area contributed by atoms with Crippen LogP contribution >= 0.6 is 0 Å². The minimum atomic E-state index is -0.544. The number of esters is 2. The summed E-state index contributed by atoms with van der Waals surface area (Å²) in [5.74, 6) is -1.09. The molecule has 5 rings (SSSR count). The molecule has 0 unspecified atom stereocenters. The summed E-state index contributed by atoms with van der Waals surface area (Å²) >= 11 is 0. The highest BCUT2D eigenvalue weighted by Gasteiger charge is 2.30. The first kappa shape index (κ1) is 24.8. The van der Waals surface area contributed by atoms with Gasteiger partial charge in [-0.25, -0.2) is 29.6 Å². The third-order valence-electron chi connectivity index (χ3n) is 6.23. The lowest BCUT2D eigenvalue weighted by Crippen LogP contribution is -2.20. The predicted molar refractivity (Wildman–Crippen MR) is 146 cm³/mol. The molecule has 5 aliphatic rings. The first-order chi connectivity index (χ1) is 18.2. The molecule has 0 fully saturated rings. The summed E-state index contributed by atoms with van der Waals surface area (Å²) in [5, 5.41) is 0.